The first kappa shape index (κ1) is 9.92. The molecule has 0 heterocycles. The van der Waals surface area contributed by atoms with E-state index < -0.39 is 6.29 Å². The lowest BCUT2D eigenvalue weighted by Gasteiger charge is -2.09. The molecular weight excluding hydrogens is 128 g/mol. The summed E-state index contributed by atoms with van der Waals surface area (Å²) in [6, 6.07) is 0. The molecule has 0 aromatic carbocycles. The van der Waals surface area contributed by atoms with Crippen LogP contribution >= 0.6 is 0 Å². The number of rotatable bonds is 5. The minimum absolute atomic E-state index is 0.515. The zero-order chi connectivity index (χ0) is 7.98. The van der Waals surface area contributed by atoms with Gasteiger partial charge in [-0.25, -0.2) is 0 Å². The number of hydrogen-bond acceptors (Lipinski definition) is 2. The first-order chi connectivity index (χ1) is 4.66. The molecule has 0 aliphatic rings. The average molecular weight is 146 g/mol. The third kappa shape index (κ3) is 6.05. The third-order valence-electron chi connectivity index (χ3n) is 1.70. The molecule has 0 spiro atoms. The highest BCUT2D eigenvalue weighted by Gasteiger charge is 2.03. The van der Waals surface area contributed by atoms with Gasteiger partial charge in [-0.05, 0) is 18.8 Å². The fourth-order valence-corrected chi connectivity index (χ4v) is 1.07. The summed E-state index contributed by atoms with van der Waals surface area (Å²) in [5.41, 5.74) is 0. The van der Waals surface area contributed by atoms with Gasteiger partial charge in [-0.15, -0.1) is 0 Å². The van der Waals surface area contributed by atoms with Crippen molar-refractivity contribution in [3.63, 3.8) is 0 Å². The Kier molecular flexibility index (Phi) is 5.64. The Labute approximate surface area is 62.9 Å². The maximum Gasteiger partial charge on any atom is 0.151 e. The first-order valence-electron chi connectivity index (χ1n) is 4.03. The molecule has 2 nitrogen and oxygen atoms in total. The molecule has 0 rings (SSSR count). The van der Waals surface area contributed by atoms with Gasteiger partial charge in [-0.2, -0.15) is 0 Å². The molecule has 0 aliphatic heterocycles. The van der Waals surface area contributed by atoms with Crippen LogP contribution in [0, 0.1) is 5.92 Å². The van der Waals surface area contributed by atoms with Crippen LogP contribution in [-0.4, -0.2) is 16.5 Å². The summed E-state index contributed by atoms with van der Waals surface area (Å²) in [5.74, 6) is 0.631. The summed E-state index contributed by atoms with van der Waals surface area (Å²) in [5, 5.41) is 17.1. The minimum Gasteiger partial charge on any atom is -0.368 e. The smallest absolute Gasteiger partial charge is 0.151 e. The SMILES string of the molecule is CCCC(C)CCC(O)O. The molecule has 10 heavy (non-hydrogen) atoms. The van der Waals surface area contributed by atoms with Crippen molar-refractivity contribution in [2.24, 2.45) is 5.92 Å². The fraction of sp³-hybridized carbons (Fsp3) is 1.00. The molecule has 0 bridgehead atoms. The van der Waals surface area contributed by atoms with Crippen LogP contribution in [0.5, 0.6) is 0 Å². The van der Waals surface area contributed by atoms with Gasteiger partial charge in [0.2, 0.25) is 0 Å². The highest BCUT2D eigenvalue weighted by molar-refractivity contribution is 4.52. The number of hydrogen-bond donors (Lipinski definition) is 2. The molecule has 0 aliphatic carbocycles. The van der Waals surface area contributed by atoms with Crippen LogP contribution in [0.15, 0.2) is 0 Å². The normalized spacial score (nSPS) is 14.1. The van der Waals surface area contributed by atoms with E-state index in [1.807, 2.05) is 0 Å². The van der Waals surface area contributed by atoms with Crippen LogP contribution in [0.2, 0.25) is 0 Å². The molecule has 0 saturated heterocycles. The summed E-state index contributed by atoms with van der Waals surface area (Å²) in [7, 11) is 0. The lowest BCUT2D eigenvalue weighted by Crippen LogP contribution is -2.06. The van der Waals surface area contributed by atoms with Crippen LogP contribution < -0.4 is 0 Å². The monoisotopic (exact) mass is 146 g/mol. The number of aliphatic hydroxyl groups is 2. The molecule has 0 radical (unpaired) electrons. The van der Waals surface area contributed by atoms with E-state index in [4.69, 9.17) is 10.2 Å². The van der Waals surface area contributed by atoms with Gasteiger partial charge in [0.1, 0.15) is 0 Å². The molecule has 1 atom stereocenters. The molecule has 0 saturated carbocycles. The van der Waals surface area contributed by atoms with E-state index in [1.165, 1.54) is 12.8 Å². The van der Waals surface area contributed by atoms with E-state index in [-0.39, 0.29) is 0 Å². The van der Waals surface area contributed by atoms with E-state index in [1.54, 1.807) is 0 Å². The van der Waals surface area contributed by atoms with Crippen LogP contribution in [0.3, 0.4) is 0 Å². The number of aliphatic hydroxyl groups excluding tert-OH is 1. The van der Waals surface area contributed by atoms with E-state index >= 15 is 0 Å². The van der Waals surface area contributed by atoms with Gasteiger partial charge in [0.25, 0.3) is 0 Å². The van der Waals surface area contributed by atoms with Crippen molar-refractivity contribution in [1.82, 2.24) is 0 Å². The van der Waals surface area contributed by atoms with E-state index in [9.17, 15) is 0 Å². The van der Waals surface area contributed by atoms with Crippen molar-refractivity contribution in [1.29, 1.82) is 0 Å². The van der Waals surface area contributed by atoms with Gasteiger partial charge in [0.15, 0.2) is 6.29 Å². The highest BCUT2D eigenvalue weighted by Crippen LogP contribution is 2.12. The zero-order valence-electron chi connectivity index (χ0n) is 6.88. The molecule has 0 aromatic rings. The largest absolute Gasteiger partial charge is 0.368 e. The van der Waals surface area contributed by atoms with Gasteiger partial charge in [-0.3, -0.25) is 0 Å². The van der Waals surface area contributed by atoms with Crippen molar-refractivity contribution in [3.05, 3.63) is 0 Å². The summed E-state index contributed by atoms with van der Waals surface area (Å²) < 4.78 is 0. The Morgan fingerprint density at radius 2 is 1.70 bits per heavy atom. The highest BCUT2D eigenvalue weighted by atomic mass is 16.5. The third-order valence-corrected chi connectivity index (χ3v) is 1.70. The topological polar surface area (TPSA) is 40.5 Å². The van der Waals surface area contributed by atoms with Crippen LogP contribution in [0.25, 0.3) is 0 Å². The van der Waals surface area contributed by atoms with Crippen molar-refractivity contribution < 1.29 is 10.2 Å². The maximum absolute atomic E-state index is 8.53. The second-order valence-corrected chi connectivity index (χ2v) is 2.95. The molecule has 62 valence electrons. The molecule has 0 fully saturated rings. The van der Waals surface area contributed by atoms with Gasteiger partial charge >= 0.3 is 0 Å². The predicted octanol–water partition coefficient (Wildman–Crippen LogP) is 1.51. The average Bonchev–Trinajstić information content (AvgIpc) is 1.85. The van der Waals surface area contributed by atoms with Gasteiger partial charge in [0.05, 0.1) is 0 Å². The molecule has 0 aromatic heterocycles. The standard InChI is InChI=1S/C8H18O2/c1-3-4-7(2)5-6-8(9)10/h7-10H,3-6H2,1-2H3. The van der Waals surface area contributed by atoms with E-state index in [0.29, 0.717) is 12.3 Å². The van der Waals surface area contributed by atoms with Crippen LogP contribution in [0.4, 0.5) is 0 Å². The Morgan fingerprint density at radius 1 is 1.10 bits per heavy atom. The summed E-state index contributed by atoms with van der Waals surface area (Å²) in [6.07, 6.45) is 2.70. The van der Waals surface area contributed by atoms with Crippen molar-refractivity contribution in [2.75, 3.05) is 0 Å². The Balaban J connectivity index is 3.12. The quantitative estimate of drug-likeness (QED) is 0.577. The lowest BCUT2D eigenvalue weighted by molar-refractivity contribution is -0.0487. The summed E-state index contributed by atoms with van der Waals surface area (Å²) in [4.78, 5) is 0. The van der Waals surface area contributed by atoms with Crippen molar-refractivity contribution in [2.45, 2.75) is 45.8 Å². The van der Waals surface area contributed by atoms with Crippen LogP contribution in [0.1, 0.15) is 39.5 Å². The maximum atomic E-state index is 8.53. The van der Waals surface area contributed by atoms with E-state index in [2.05, 4.69) is 13.8 Å². The second-order valence-electron chi connectivity index (χ2n) is 2.95. The molecule has 2 heteroatoms. The Hall–Kier alpha value is -0.0800. The van der Waals surface area contributed by atoms with Gasteiger partial charge < -0.3 is 10.2 Å². The second kappa shape index (κ2) is 5.69. The summed E-state index contributed by atoms with van der Waals surface area (Å²) >= 11 is 0. The van der Waals surface area contributed by atoms with Gasteiger partial charge in [0, 0.05) is 0 Å². The Bertz CT molecular complexity index is 71.7. The molecule has 1 unspecified atom stereocenters. The molecular formula is C8H18O2. The molecule has 0 amide bonds. The Morgan fingerprint density at radius 3 is 2.10 bits per heavy atom. The summed E-state index contributed by atoms with van der Waals surface area (Å²) in [6.45, 7) is 4.29. The molecule has 2 N–H and O–H groups in total. The van der Waals surface area contributed by atoms with Gasteiger partial charge in [-0.1, -0.05) is 26.7 Å². The van der Waals surface area contributed by atoms with E-state index in [0.717, 1.165) is 6.42 Å². The first-order valence-corrected chi connectivity index (χ1v) is 4.03. The van der Waals surface area contributed by atoms with Crippen LogP contribution in [-0.2, 0) is 0 Å². The lowest BCUT2D eigenvalue weighted by atomic mass is 10.0. The zero-order valence-corrected chi connectivity index (χ0v) is 6.88. The minimum atomic E-state index is -1.11. The van der Waals surface area contributed by atoms with Crippen molar-refractivity contribution in [3.8, 4) is 0 Å². The fourth-order valence-electron chi connectivity index (χ4n) is 1.07. The van der Waals surface area contributed by atoms with Crippen molar-refractivity contribution >= 4 is 0 Å². The predicted molar refractivity (Wildman–Crippen MR) is 41.5 cm³/mol.